The standard InChI is InChI=1S/C63H114O6/c1-4-7-10-13-16-19-22-25-28-30-31-33-35-38-41-44-47-50-53-56-62(65)68-59-60(58-67-61(64)55-52-49-46-43-40-37-34-27-24-21-18-15-12-9-6-3)69-63(66)57-54-51-48-45-42-39-36-32-29-26-23-20-17-14-11-8-5-2/h16,19,21,24-26,28-29,60H,4-15,17-18,20,22-23,27,30-59H2,1-3H3/b19-16+,24-21+,28-25+,29-26+/t60-/m1/s1. The Labute approximate surface area is 428 Å². The summed E-state index contributed by atoms with van der Waals surface area (Å²) in [6.45, 7) is 6.63. The van der Waals surface area contributed by atoms with E-state index in [0.29, 0.717) is 19.3 Å². The molecule has 402 valence electrons. The van der Waals surface area contributed by atoms with Crippen LogP contribution in [0.5, 0.6) is 0 Å². The molecular formula is C63H114O6. The van der Waals surface area contributed by atoms with Crippen LogP contribution in [-0.2, 0) is 28.6 Å². The Kier molecular flexibility index (Phi) is 55.7. The third-order valence-corrected chi connectivity index (χ3v) is 13.3. The number of ether oxygens (including phenoxy) is 3. The van der Waals surface area contributed by atoms with Crippen molar-refractivity contribution in [1.29, 1.82) is 0 Å². The van der Waals surface area contributed by atoms with E-state index >= 15 is 0 Å². The van der Waals surface area contributed by atoms with Crippen molar-refractivity contribution >= 4 is 17.9 Å². The summed E-state index contributed by atoms with van der Waals surface area (Å²) in [6.07, 6.45) is 71.0. The van der Waals surface area contributed by atoms with Crippen molar-refractivity contribution in [2.75, 3.05) is 13.2 Å². The number of carbonyl (C=O) groups excluding carboxylic acids is 3. The Morgan fingerprint density at radius 1 is 0.290 bits per heavy atom. The summed E-state index contributed by atoms with van der Waals surface area (Å²) < 4.78 is 16.9. The van der Waals surface area contributed by atoms with Crippen molar-refractivity contribution in [1.82, 2.24) is 0 Å². The molecule has 0 N–H and O–H groups in total. The lowest BCUT2D eigenvalue weighted by Gasteiger charge is -2.18. The molecule has 69 heavy (non-hydrogen) atoms. The van der Waals surface area contributed by atoms with Gasteiger partial charge >= 0.3 is 17.9 Å². The summed E-state index contributed by atoms with van der Waals surface area (Å²) in [5, 5.41) is 0. The first-order chi connectivity index (χ1) is 34.0. The Morgan fingerprint density at radius 3 is 0.855 bits per heavy atom. The molecule has 0 aromatic rings. The van der Waals surface area contributed by atoms with Gasteiger partial charge in [-0.2, -0.15) is 0 Å². The van der Waals surface area contributed by atoms with Crippen molar-refractivity contribution < 1.29 is 28.6 Å². The topological polar surface area (TPSA) is 78.9 Å². The third-order valence-electron chi connectivity index (χ3n) is 13.3. The zero-order chi connectivity index (χ0) is 50.0. The van der Waals surface area contributed by atoms with Crippen LogP contribution in [0.15, 0.2) is 48.6 Å². The number of esters is 3. The minimum atomic E-state index is -0.778. The molecular weight excluding hydrogens is 853 g/mol. The first-order valence-electron chi connectivity index (χ1n) is 30.1. The molecule has 0 spiro atoms. The molecule has 0 saturated carbocycles. The summed E-state index contributed by atoms with van der Waals surface area (Å²) in [5.74, 6) is -0.874. The van der Waals surface area contributed by atoms with Crippen molar-refractivity contribution in [3.8, 4) is 0 Å². The third kappa shape index (κ3) is 56.2. The highest BCUT2D eigenvalue weighted by Gasteiger charge is 2.19. The number of allylic oxidation sites excluding steroid dienone is 8. The van der Waals surface area contributed by atoms with Crippen molar-refractivity contribution in [3.63, 3.8) is 0 Å². The smallest absolute Gasteiger partial charge is 0.306 e. The van der Waals surface area contributed by atoms with Crippen molar-refractivity contribution in [2.45, 2.75) is 322 Å². The van der Waals surface area contributed by atoms with Gasteiger partial charge in [-0.1, -0.05) is 243 Å². The molecule has 0 saturated heterocycles. The first-order valence-corrected chi connectivity index (χ1v) is 30.1. The molecule has 0 bridgehead atoms. The highest BCUT2D eigenvalue weighted by atomic mass is 16.6. The summed E-state index contributed by atoms with van der Waals surface area (Å²) >= 11 is 0. The molecule has 0 aromatic carbocycles. The van der Waals surface area contributed by atoms with E-state index in [2.05, 4.69) is 69.4 Å². The predicted octanol–water partition coefficient (Wildman–Crippen LogP) is 20.2. The highest BCUT2D eigenvalue weighted by molar-refractivity contribution is 5.71. The lowest BCUT2D eigenvalue weighted by molar-refractivity contribution is -0.167. The number of unbranched alkanes of at least 4 members (excludes halogenated alkanes) is 36. The van der Waals surface area contributed by atoms with Gasteiger partial charge in [-0.05, 0) is 103 Å². The maximum absolute atomic E-state index is 12.9. The van der Waals surface area contributed by atoms with E-state index in [1.54, 1.807) is 0 Å². The minimum Gasteiger partial charge on any atom is -0.462 e. The number of hydrogen-bond acceptors (Lipinski definition) is 6. The zero-order valence-electron chi connectivity index (χ0n) is 46.1. The lowest BCUT2D eigenvalue weighted by Crippen LogP contribution is -2.30. The molecule has 0 unspecified atom stereocenters. The Hall–Kier alpha value is -2.63. The fourth-order valence-corrected chi connectivity index (χ4v) is 8.70. The van der Waals surface area contributed by atoms with Gasteiger partial charge in [0.2, 0.25) is 0 Å². The second kappa shape index (κ2) is 57.9. The van der Waals surface area contributed by atoms with Gasteiger partial charge in [0.25, 0.3) is 0 Å². The van der Waals surface area contributed by atoms with Gasteiger partial charge in [-0.25, -0.2) is 0 Å². The van der Waals surface area contributed by atoms with Crippen LogP contribution in [0.4, 0.5) is 0 Å². The quantitative estimate of drug-likeness (QED) is 0.0262. The van der Waals surface area contributed by atoms with Crippen molar-refractivity contribution in [3.05, 3.63) is 48.6 Å². The van der Waals surface area contributed by atoms with Crippen LogP contribution < -0.4 is 0 Å². The fourth-order valence-electron chi connectivity index (χ4n) is 8.70. The second-order valence-corrected chi connectivity index (χ2v) is 20.2. The number of rotatable bonds is 55. The summed E-state index contributed by atoms with van der Waals surface area (Å²) in [6, 6.07) is 0. The van der Waals surface area contributed by atoms with E-state index in [1.807, 2.05) is 0 Å². The van der Waals surface area contributed by atoms with Crippen molar-refractivity contribution in [2.24, 2.45) is 0 Å². The molecule has 0 amide bonds. The normalized spacial score (nSPS) is 12.3. The van der Waals surface area contributed by atoms with Crippen LogP contribution in [-0.4, -0.2) is 37.2 Å². The second-order valence-electron chi connectivity index (χ2n) is 20.2. The molecule has 6 heteroatoms. The Morgan fingerprint density at radius 2 is 0.522 bits per heavy atom. The van der Waals surface area contributed by atoms with E-state index in [9.17, 15) is 14.4 Å². The van der Waals surface area contributed by atoms with E-state index in [4.69, 9.17) is 14.2 Å². The van der Waals surface area contributed by atoms with E-state index < -0.39 is 6.10 Å². The van der Waals surface area contributed by atoms with E-state index in [1.165, 1.54) is 212 Å². The maximum Gasteiger partial charge on any atom is 0.306 e. The molecule has 6 nitrogen and oxygen atoms in total. The molecule has 0 radical (unpaired) electrons. The molecule has 1 atom stereocenters. The monoisotopic (exact) mass is 967 g/mol. The molecule has 0 fully saturated rings. The molecule has 0 aromatic heterocycles. The van der Waals surface area contributed by atoms with Gasteiger partial charge < -0.3 is 14.2 Å². The predicted molar refractivity (Wildman–Crippen MR) is 298 cm³/mol. The van der Waals surface area contributed by atoms with Gasteiger partial charge in [-0.15, -0.1) is 0 Å². The van der Waals surface area contributed by atoms with Crippen LogP contribution in [0, 0.1) is 0 Å². The van der Waals surface area contributed by atoms with Gasteiger partial charge in [0.1, 0.15) is 13.2 Å². The first kappa shape index (κ1) is 66.4. The number of carbonyl (C=O) groups is 3. The molecule has 0 rings (SSSR count). The van der Waals surface area contributed by atoms with Gasteiger partial charge in [0, 0.05) is 19.3 Å². The summed E-state index contributed by atoms with van der Waals surface area (Å²) in [4.78, 5) is 38.2. The summed E-state index contributed by atoms with van der Waals surface area (Å²) in [5.41, 5.74) is 0. The van der Waals surface area contributed by atoms with E-state index in [-0.39, 0.29) is 31.1 Å². The van der Waals surface area contributed by atoms with Crippen LogP contribution >= 0.6 is 0 Å². The van der Waals surface area contributed by atoms with Gasteiger partial charge in [0.05, 0.1) is 0 Å². The Bertz CT molecular complexity index is 1200. The van der Waals surface area contributed by atoms with Crippen LogP contribution in [0.3, 0.4) is 0 Å². The molecule has 0 aliphatic heterocycles. The SMILES string of the molecule is CCCCC/C=C/C/C=C/CCCCCCCCCCCC(=O)OC[C@@H](COC(=O)CCCCCCCCC/C=C/CCCCCC)OC(=O)CCCCCCCCC/C=C/CCCCCCCC. The molecule has 0 aliphatic rings. The lowest BCUT2D eigenvalue weighted by atomic mass is 10.1. The largest absolute Gasteiger partial charge is 0.462 e. The van der Waals surface area contributed by atoms with Gasteiger partial charge in [-0.3, -0.25) is 14.4 Å². The fraction of sp³-hybridized carbons (Fsp3) is 0.825. The summed E-state index contributed by atoms with van der Waals surface area (Å²) in [7, 11) is 0. The maximum atomic E-state index is 12.9. The van der Waals surface area contributed by atoms with Crippen LogP contribution in [0.25, 0.3) is 0 Å². The Balaban J connectivity index is 4.36. The minimum absolute atomic E-state index is 0.0766. The zero-order valence-corrected chi connectivity index (χ0v) is 46.1. The van der Waals surface area contributed by atoms with Crippen LogP contribution in [0.2, 0.25) is 0 Å². The van der Waals surface area contributed by atoms with E-state index in [0.717, 1.165) is 64.2 Å². The highest BCUT2D eigenvalue weighted by Crippen LogP contribution is 2.16. The molecule has 0 heterocycles. The van der Waals surface area contributed by atoms with Crippen LogP contribution in [0.1, 0.15) is 316 Å². The average molecular weight is 968 g/mol. The average Bonchev–Trinajstić information content (AvgIpc) is 3.35. The van der Waals surface area contributed by atoms with Gasteiger partial charge in [0.15, 0.2) is 6.10 Å². The molecule has 0 aliphatic carbocycles. The number of hydrogen-bond donors (Lipinski definition) is 0.